The SMILES string of the molecule is Cc1ccc(C)c([I+]c2ccccc2C)c1. The summed E-state index contributed by atoms with van der Waals surface area (Å²) < 4.78 is 3.09. The van der Waals surface area contributed by atoms with Gasteiger partial charge in [0, 0.05) is 11.1 Å². The van der Waals surface area contributed by atoms with Crippen LogP contribution in [-0.4, -0.2) is 0 Å². The summed E-state index contributed by atoms with van der Waals surface area (Å²) in [4.78, 5) is 0. The average Bonchev–Trinajstić information content (AvgIpc) is 2.27. The van der Waals surface area contributed by atoms with Crippen molar-refractivity contribution >= 4 is 0 Å². The van der Waals surface area contributed by atoms with Crippen LogP contribution in [0.4, 0.5) is 0 Å². The van der Waals surface area contributed by atoms with Crippen molar-refractivity contribution in [2.75, 3.05) is 0 Å². The molecule has 0 aliphatic carbocycles. The third-order valence-electron chi connectivity index (χ3n) is 2.61. The topological polar surface area (TPSA) is 0 Å². The minimum Gasteiger partial charge on any atom is -0.0617 e. The van der Waals surface area contributed by atoms with E-state index in [1.165, 1.54) is 20.3 Å². The second kappa shape index (κ2) is 5.00. The van der Waals surface area contributed by atoms with Crippen LogP contribution in [0.3, 0.4) is 0 Å². The summed E-state index contributed by atoms with van der Waals surface area (Å²) >= 11 is -0.0315. The van der Waals surface area contributed by atoms with Crippen molar-refractivity contribution in [3.8, 4) is 0 Å². The molecule has 0 heterocycles. The highest BCUT2D eigenvalue weighted by atomic mass is 127. The summed E-state index contributed by atoms with van der Waals surface area (Å²) in [6, 6.07) is 15.5. The minimum atomic E-state index is -0.0315. The van der Waals surface area contributed by atoms with E-state index in [0.717, 1.165) is 0 Å². The lowest BCUT2D eigenvalue weighted by atomic mass is 10.2. The van der Waals surface area contributed by atoms with Crippen molar-refractivity contribution in [3.63, 3.8) is 0 Å². The fourth-order valence-electron chi connectivity index (χ4n) is 1.57. The van der Waals surface area contributed by atoms with Gasteiger partial charge in [-0.2, -0.15) is 0 Å². The van der Waals surface area contributed by atoms with E-state index in [-0.39, 0.29) is 21.2 Å². The largest absolute Gasteiger partial charge is 0.358 e. The molecule has 0 amide bonds. The van der Waals surface area contributed by atoms with Crippen LogP contribution >= 0.6 is 0 Å². The maximum absolute atomic E-state index is 2.34. The highest BCUT2D eigenvalue weighted by Gasteiger charge is 2.19. The highest BCUT2D eigenvalue weighted by molar-refractivity contribution is 5.20. The van der Waals surface area contributed by atoms with E-state index < -0.39 is 0 Å². The van der Waals surface area contributed by atoms with Crippen molar-refractivity contribution in [1.82, 2.24) is 0 Å². The van der Waals surface area contributed by atoms with Gasteiger partial charge in [-0.15, -0.1) is 0 Å². The molecule has 0 aliphatic rings. The number of benzene rings is 2. The molecule has 2 aromatic carbocycles. The number of aryl methyl sites for hydroxylation is 3. The lowest BCUT2D eigenvalue weighted by molar-refractivity contribution is -0.598. The van der Waals surface area contributed by atoms with E-state index in [4.69, 9.17) is 0 Å². The zero-order chi connectivity index (χ0) is 11.5. The zero-order valence-electron chi connectivity index (χ0n) is 9.92. The average molecular weight is 323 g/mol. The Morgan fingerprint density at radius 2 is 1.44 bits per heavy atom. The molecule has 0 saturated carbocycles. The zero-order valence-corrected chi connectivity index (χ0v) is 12.1. The first-order valence-electron chi connectivity index (χ1n) is 5.44. The molecule has 16 heavy (non-hydrogen) atoms. The molecule has 82 valence electrons. The molecule has 0 spiro atoms. The van der Waals surface area contributed by atoms with Crippen molar-refractivity contribution in [3.05, 3.63) is 66.3 Å². The second-order valence-corrected chi connectivity index (χ2v) is 6.96. The Hall–Kier alpha value is -0.830. The molecular formula is C15H16I+. The Morgan fingerprint density at radius 3 is 2.19 bits per heavy atom. The normalized spacial score (nSPS) is 10.4. The molecule has 0 aromatic heterocycles. The molecule has 0 fully saturated rings. The summed E-state index contributed by atoms with van der Waals surface area (Å²) in [5.74, 6) is 0. The number of hydrogen-bond donors (Lipinski definition) is 0. The van der Waals surface area contributed by atoms with Crippen LogP contribution in [0.15, 0.2) is 42.5 Å². The summed E-state index contributed by atoms with van der Waals surface area (Å²) in [5, 5.41) is 0. The summed E-state index contributed by atoms with van der Waals surface area (Å²) in [6.45, 7) is 6.59. The molecule has 0 radical (unpaired) electrons. The Bertz CT molecular complexity index is 501. The van der Waals surface area contributed by atoms with Gasteiger partial charge in [-0.1, -0.05) is 30.3 Å². The van der Waals surface area contributed by atoms with E-state index >= 15 is 0 Å². The monoisotopic (exact) mass is 323 g/mol. The maximum Gasteiger partial charge on any atom is 0.358 e. The van der Waals surface area contributed by atoms with Gasteiger partial charge in [0.1, 0.15) is 0 Å². The molecule has 2 rings (SSSR count). The molecule has 0 N–H and O–H groups in total. The van der Waals surface area contributed by atoms with Crippen LogP contribution in [0.1, 0.15) is 16.7 Å². The quantitative estimate of drug-likeness (QED) is 0.715. The predicted octanol–water partition coefficient (Wildman–Crippen LogP) is 0.740. The molecule has 0 aliphatic heterocycles. The van der Waals surface area contributed by atoms with Gasteiger partial charge in [-0.25, -0.2) is 0 Å². The van der Waals surface area contributed by atoms with Gasteiger partial charge in [0.05, 0.1) is 0 Å². The molecule has 0 bridgehead atoms. The molecule has 2 aromatic rings. The van der Waals surface area contributed by atoms with Gasteiger partial charge in [0.2, 0.25) is 0 Å². The lowest BCUT2D eigenvalue weighted by Gasteiger charge is -1.97. The second-order valence-electron chi connectivity index (χ2n) is 4.10. The molecule has 0 saturated heterocycles. The van der Waals surface area contributed by atoms with Gasteiger partial charge < -0.3 is 0 Å². The molecular weight excluding hydrogens is 307 g/mol. The Labute approximate surface area is 108 Å². The van der Waals surface area contributed by atoms with Crippen molar-refractivity contribution in [2.45, 2.75) is 20.8 Å². The van der Waals surface area contributed by atoms with Crippen LogP contribution in [0.25, 0.3) is 0 Å². The Balaban J connectivity index is 2.34. The summed E-state index contributed by atoms with van der Waals surface area (Å²) in [5.41, 5.74) is 4.23. The van der Waals surface area contributed by atoms with E-state index in [1.807, 2.05) is 0 Å². The van der Waals surface area contributed by atoms with Crippen LogP contribution in [0.2, 0.25) is 0 Å². The Kier molecular flexibility index (Phi) is 3.64. The van der Waals surface area contributed by atoms with E-state index in [9.17, 15) is 0 Å². The van der Waals surface area contributed by atoms with Gasteiger partial charge in [-0.3, -0.25) is 0 Å². The van der Waals surface area contributed by atoms with Crippen LogP contribution in [0.5, 0.6) is 0 Å². The molecule has 0 unspecified atom stereocenters. The van der Waals surface area contributed by atoms with Crippen molar-refractivity contribution in [2.24, 2.45) is 0 Å². The van der Waals surface area contributed by atoms with Gasteiger partial charge in [0.15, 0.2) is 7.14 Å². The van der Waals surface area contributed by atoms with Gasteiger partial charge in [0.25, 0.3) is 0 Å². The number of hydrogen-bond acceptors (Lipinski definition) is 0. The fourth-order valence-corrected chi connectivity index (χ4v) is 4.44. The first-order chi connectivity index (χ1) is 7.66. The number of rotatable bonds is 2. The van der Waals surface area contributed by atoms with Crippen molar-refractivity contribution < 1.29 is 21.2 Å². The summed E-state index contributed by atoms with van der Waals surface area (Å²) in [6.07, 6.45) is 0. The first kappa shape index (κ1) is 11.6. The molecule has 1 heteroatoms. The van der Waals surface area contributed by atoms with Crippen LogP contribution < -0.4 is 21.2 Å². The first-order valence-corrected chi connectivity index (χ1v) is 7.60. The third kappa shape index (κ3) is 2.64. The fraction of sp³-hybridized carbons (Fsp3) is 0.200. The van der Waals surface area contributed by atoms with E-state index in [2.05, 4.69) is 63.2 Å². The smallest absolute Gasteiger partial charge is 0.0617 e. The standard InChI is InChI=1S/C15H16I/c1-11-8-9-13(3)15(10-11)16-14-7-5-4-6-12(14)2/h4-10H,1-3H3/q+1. The molecule has 0 atom stereocenters. The third-order valence-corrected chi connectivity index (χ3v) is 6.14. The maximum atomic E-state index is 2.34. The van der Waals surface area contributed by atoms with Gasteiger partial charge in [-0.05, 0) is 38.5 Å². The van der Waals surface area contributed by atoms with Gasteiger partial charge >= 0.3 is 21.2 Å². The molecule has 0 nitrogen and oxygen atoms in total. The van der Waals surface area contributed by atoms with Crippen LogP contribution in [-0.2, 0) is 0 Å². The minimum absolute atomic E-state index is 0.0315. The van der Waals surface area contributed by atoms with Crippen LogP contribution in [0, 0.1) is 27.9 Å². The van der Waals surface area contributed by atoms with E-state index in [1.54, 1.807) is 3.57 Å². The van der Waals surface area contributed by atoms with Crippen molar-refractivity contribution in [1.29, 1.82) is 0 Å². The number of halogens is 1. The van der Waals surface area contributed by atoms with E-state index in [0.29, 0.717) is 0 Å². The Morgan fingerprint density at radius 1 is 0.750 bits per heavy atom. The summed E-state index contributed by atoms with van der Waals surface area (Å²) in [7, 11) is 0. The predicted molar refractivity (Wildman–Crippen MR) is 64.5 cm³/mol. The lowest BCUT2D eigenvalue weighted by Crippen LogP contribution is -3.62. The highest BCUT2D eigenvalue weighted by Crippen LogP contribution is 2.01.